The summed E-state index contributed by atoms with van der Waals surface area (Å²) < 4.78 is 28.6. The summed E-state index contributed by atoms with van der Waals surface area (Å²) in [5.74, 6) is -0.116. The second-order valence-electron chi connectivity index (χ2n) is 5.80. The SMILES string of the molecule is C[C@H](C(=O)Nc1cccc(C#N)c1)N(C)Cc1ccc(OC(F)F)cc1. The van der Waals surface area contributed by atoms with Crippen LogP contribution in [-0.4, -0.2) is 30.5 Å². The normalized spacial score (nSPS) is 11.9. The van der Waals surface area contributed by atoms with Crippen LogP contribution in [0.5, 0.6) is 5.75 Å². The Morgan fingerprint density at radius 3 is 2.58 bits per heavy atom. The highest BCUT2D eigenvalue weighted by molar-refractivity contribution is 5.94. The number of halogens is 2. The van der Waals surface area contributed by atoms with Gasteiger partial charge in [0.05, 0.1) is 17.7 Å². The molecule has 26 heavy (non-hydrogen) atoms. The number of hydrogen-bond donors (Lipinski definition) is 1. The molecule has 0 unspecified atom stereocenters. The fourth-order valence-corrected chi connectivity index (χ4v) is 2.31. The van der Waals surface area contributed by atoms with E-state index in [0.717, 1.165) is 5.56 Å². The van der Waals surface area contributed by atoms with Crippen molar-refractivity contribution < 1.29 is 18.3 Å². The average molecular weight is 359 g/mol. The number of hydrogen-bond acceptors (Lipinski definition) is 4. The summed E-state index contributed by atoms with van der Waals surface area (Å²) in [6.07, 6.45) is 0. The smallest absolute Gasteiger partial charge is 0.387 e. The number of carbonyl (C=O) groups is 1. The Bertz CT molecular complexity index is 788. The highest BCUT2D eigenvalue weighted by atomic mass is 19.3. The van der Waals surface area contributed by atoms with Crippen LogP contribution in [0.25, 0.3) is 0 Å². The van der Waals surface area contributed by atoms with Gasteiger partial charge in [-0.05, 0) is 49.9 Å². The molecule has 0 aliphatic heterocycles. The predicted molar refractivity (Wildman–Crippen MR) is 93.8 cm³/mol. The van der Waals surface area contributed by atoms with E-state index < -0.39 is 12.7 Å². The minimum absolute atomic E-state index is 0.0922. The molecule has 2 rings (SSSR count). The Balaban J connectivity index is 1.94. The minimum Gasteiger partial charge on any atom is -0.435 e. The third-order valence-corrected chi connectivity index (χ3v) is 3.88. The Hall–Kier alpha value is -2.98. The van der Waals surface area contributed by atoms with E-state index in [1.165, 1.54) is 12.1 Å². The molecule has 0 bridgehead atoms. The van der Waals surface area contributed by atoms with Gasteiger partial charge < -0.3 is 10.1 Å². The second kappa shape index (κ2) is 8.92. The number of alkyl halides is 2. The van der Waals surface area contributed by atoms with Gasteiger partial charge in [-0.2, -0.15) is 14.0 Å². The Labute approximate surface area is 150 Å². The van der Waals surface area contributed by atoms with E-state index in [9.17, 15) is 13.6 Å². The molecule has 1 amide bonds. The molecule has 7 heteroatoms. The highest BCUT2D eigenvalue weighted by Gasteiger charge is 2.18. The molecule has 0 radical (unpaired) electrons. The van der Waals surface area contributed by atoms with Crippen molar-refractivity contribution in [2.75, 3.05) is 12.4 Å². The van der Waals surface area contributed by atoms with E-state index in [4.69, 9.17) is 5.26 Å². The summed E-state index contributed by atoms with van der Waals surface area (Å²) in [4.78, 5) is 14.2. The van der Waals surface area contributed by atoms with Gasteiger partial charge in [-0.3, -0.25) is 9.69 Å². The number of carbonyl (C=O) groups excluding carboxylic acids is 1. The molecule has 2 aromatic carbocycles. The van der Waals surface area contributed by atoms with Gasteiger partial charge in [0.1, 0.15) is 5.75 Å². The number of rotatable bonds is 7. The van der Waals surface area contributed by atoms with E-state index in [0.29, 0.717) is 17.8 Å². The van der Waals surface area contributed by atoms with Gasteiger partial charge in [0, 0.05) is 12.2 Å². The van der Waals surface area contributed by atoms with Gasteiger partial charge >= 0.3 is 6.61 Å². The van der Waals surface area contributed by atoms with Crippen LogP contribution in [0.3, 0.4) is 0 Å². The van der Waals surface area contributed by atoms with Crippen LogP contribution in [0.1, 0.15) is 18.1 Å². The van der Waals surface area contributed by atoms with E-state index in [1.807, 2.05) is 11.0 Å². The molecule has 0 spiro atoms. The van der Waals surface area contributed by atoms with E-state index in [1.54, 1.807) is 50.4 Å². The molecule has 1 atom stereocenters. The Kier molecular flexibility index (Phi) is 6.64. The number of nitrogens with zero attached hydrogens (tertiary/aromatic N) is 2. The number of amides is 1. The molecular weight excluding hydrogens is 340 g/mol. The van der Waals surface area contributed by atoms with E-state index in [-0.39, 0.29) is 11.7 Å². The maximum atomic E-state index is 12.4. The zero-order chi connectivity index (χ0) is 19.1. The van der Waals surface area contributed by atoms with Gasteiger partial charge in [0.15, 0.2) is 0 Å². The number of ether oxygens (including phenoxy) is 1. The maximum Gasteiger partial charge on any atom is 0.387 e. The number of nitriles is 1. The standard InChI is InChI=1S/C19H19F2N3O2/c1-13(18(25)23-16-5-3-4-15(10-16)11-22)24(2)12-14-6-8-17(9-7-14)26-19(20)21/h3-10,13,19H,12H2,1-2H3,(H,23,25)/t13-/m1/s1. The fourth-order valence-electron chi connectivity index (χ4n) is 2.31. The first kappa shape index (κ1) is 19.3. The average Bonchev–Trinajstić information content (AvgIpc) is 2.62. The second-order valence-corrected chi connectivity index (χ2v) is 5.80. The molecular formula is C19H19F2N3O2. The van der Waals surface area contributed by atoms with E-state index in [2.05, 4.69) is 10.1 Å². The van der Waals surface area contributed by atoms with Crippen molar-refractivity contribution in [3.63, 3.8) is 0 Å². The highest BCUT2D eigenvalue weighted by Crippen LogP contribution is 2.17. The van der Waals surface area contributed by atoms with Crippen LogP contribution in [0, 0.1) is 11.3 Å². The molecule has 0 aliphatic rings. The third kappa shape index (κ3) is 5.53. The predicted octanol–water partition coefficient (Wildman–Crippen LogP) is 3.62. The summed E-state index contributed by atoms with van der Waals surface area (Å²) in [7, 11) is 1.79. The first-order valence-electron chi connectivity index (χ1n) is 7.94. The monoisotopic (exact) mass is 359 g/mol. The fraction of sp³-hybridized carbons (Fsp3) is 0.263. The van der Waals surface area contributed by atoms with Crippen molar-refractivity contribution in [3.05, 3.63) is 59.7 Å². The molecule has 5 nitrogen and oxygen atoms in total. The van der Waals surface area contributed by atoms with Crippen LogP contribution < -0.4 is 10.1 Å². The lowest BCUT2D eigenvalue weighted by Crippen LogP contribution is -2.39. The van der Waals surface area contributed by atoms with Gasteiger partial charge in [-0.15, -0.1) is 0 Å². The van der Waals surface area contributed by atoms with Crippen LogP contribution >= 0.6 is 0 Å². The lowest BCUT2D eigenvalue weighted by Gasteiger charge is -2.24. The van der Waals surface area contributed by atoms with Crippen molar-refractivity contribution >= 4 is 11.6 Å². The molecule has 0 heterocycles. The zero-order valence-electron chi connectivity index (χ0n) is 14.4. The summed E-state index contributed by atoms with van der Waals surface area (Å²) in [6, 6.07) is 14.6. The van der Waals surface area contributed by atoms with Crippen LogP contribution in [-0.2, 0) is 11.3 Å². The van der Waals surface area contributed by atoms with Crippen molar-refractivity contribution in [1.29, 1.82) is 5.26 Å². The summed E-state index contributed by atoms with van der Waals surface area (Å²) in [6.45, 7) is -0.633. The first-order valence-corrected chi connectivity index (χ1v) is 7.94. The van der Waals surface area contributed by atoms with Gasteiger partial charge in [0.25, 0.3) is 0 Å². The van der Waals surface area contributed by atoms with Crippen LogP contribution in [0.15, 0.2) is 48.5 Å². The topological polar surface area (TPSA) is 65.4 Å². The summed E-state index contributed by atoms with van der Waals surface area (Å²) in [5.41, 5.74) is 1.89. The number of likely N-dealkylation sites (N-methyl/N-ethyl adjacent to an activating group) is 1. The van der Waals surface area contributed by atoms with Crippen molar-refractivity contribution in [2.45, 2.75) is 26.1 Å². The molecule has 0 fully saturated rings. The first-order chi connectivity index (χ1) is 12.4. The van der Waals surface area contributed by atoms with Gasteiger partial charge in [0.2, 0.25) is 5.91 Å². The molecule has 1 N–H and O–H groups in total. The molecule has 136 valence electrons. The van der Waals surface area contributed by atoms with Crippen LogP contribution in [0.4, 0.5) is 14.5 Å². The van der Waals surface area contributed by atoms with Crippen molar-refractivity contribution in [2.24, 2.45) is 0 Å². The lowest BCUT2D eigenvalue weighted by atomic mass is 10.1. The molecule has 0 aromatic heterocycles. The molecule has 2 aromatic rings. The van der Waals surface area contributed by atoms with Crippen molar-refractivity contribution in [1.82, 2.24) is 4.90 Å². The minimum atomic E-state index is -2.85. The Morgan fingerprint density at radius 1 is 1.27 bits per heavy atom. The quantitative estimate of drug-likeness (QED) is 0.820. The zero-order valence-corrected chi connectivity index (χ0v) is 14.4. The van der Waals surface area contributed by atoms with E-state index >= 15 is 0 Å². The summed E-state index contributed by atoms with van der Waals surface area (Å²) >= 11 is 0. The number of nitrogens with one attached hydrogen (secondary N) is 1. The summed E-state index contributed by atoms with van der Waals surface area (Å²) in [5, 5.41) is 11.7. The lowest BCUT2D eigenvalue weighted by molar-refractivity contribution is -0.120. The third-order valence-electron chi connectivity index (χ3n) is 3.88. The van der Waals surface area contributed by atoms with Crippen molar-refractivity contribution in [3.8, 4) is 11.8 Å². The Morgan fingerprint density at radius 2 is 1.96 bits per heavy atom. The number of benzene rings is 2. The molecule has 0 aliphatic carbocycles. The molecule has 0 saturated carbocycles. The largest absolute Gasteiger partial charge is 0.435 e. The molecule has 0 saturated heterocycles. The number of anilines is 1. The maximum absolute atomic E-state index is 12.4. The van der Waals surface area contributed by atoms with Gasteiger partial charge in [-0.1, -0.05) is 18.2 Å². The van der Waals surface area contributed by atoms with Crippen LogP contribution in [0.2, 0.25) is 0 Å². The van der Waals surface area contributed by atoms with Gasteiger partial charge in [-0.25, -0.2) is 0 Å².